The van der Waals surface area contributed by atoms with Crippen molar-refractivity contribution < 1.29 is 19.0 Å². The van der Waals surface area contributed by atoms with Gasteiger partial charge in [-0.15, -0.1) is 0 Å². The van der Waals surface area contributed by atoms with Gasteiger partial charge in [-0.1, -0.05) is 18.2 Å². The van der Waals surface area contributed by atoms with E-state index in [4.69, 9.17) is 4.74 Å². The Kier molecular flexibility index (Phi) is 8.20. The van der Waals surface area contributed by atoms with Gasteiger partial charge in [0.15, 0.2) is 0 Å². The quantitative estimate of drug-likeness (QED) is 0.386. The van der Waals surface area contributed by atoms with Crippen molar-refractivity contribution >= 4 is 5.91 Å². The fraction of sp³-hybridized carbons (Fsp3) is 0.500. The number of rotatable bonds is 9. The molecule has 0 spiro atoms. The number of halogens is 1. The number of aliphatic hydroxyl groups is 1. The summed E-state index contributed by atoms with van der Waals surface area (Å²) in [5.41, 5.74) is 0.852. The number of likely N-dealkylation sites (tertiary alicyclic amines) is 1. The number of hydrogen-bond acceptors (Lipinski definition) is 4. The van der Waals surface area contributed by atoms with Gasteiger partial charge in [0.2, 0.25) is 5.91 Å². The van der Waals surface area contributed by atoms with Gasteiger partial charge in [-0.2, -0.15) is 0 Å². The highest BCUT2D eigenvalue weighted by Gasteiger charge is 2.35. The molecule has 0 radical (unpaired) electrons. The van der Waals surface area contributed by atoms with Crippen molar-refractivity contribution in [3.05, 3.63) is 59.3 Å². The number of nitrogens with zero attached hydrogens (tertiary/aromatic N) is 1. The molecular formula is C22H31FN2O3. The molecule has 1 amide bonds. The minimum Gasteiger partial charge on any atom is -0.492 e. The van der Waals surface area contributed by atoms with Crippen molar-refractivity contribution in [2.45, 2.75) is 45.6 Å². The van der Waals surface area contributed by atoms with E-state index >= 15 is 0 Å². The second kappa shape index (κ2) is 10.4. The second-order valence-electron chi connectivity index (χ2n) is 7.29. The van der Waals surface area contributed by atoms with Gasteiger partial charge < -0.3 is 20.1 Å². The number of ether oxygens (including phenoxy) is 1. The Balaban J connectivity index is 1.75. The van der Waals surface area contributed by atoms with E-state index < -0.39 is 5.60 Å². The summed E-state index contributed by atoms with van der Waals surface area (Å²) in [6.07, 6.45) is 5.71. The van der Waals surface area contributed by atoms with Gasteiger partial charge in [-0.3, -0.25) is 4.79 Å². The molecule has 1 aliphatic rings. The molecular weight excluding hydrogens is 359 g/mol. The topological polar surface area (TPSA) is 61.8 Å². The third kappa shape index (κ3) is 6.77. The first-order valence-corrected chi connectivity index (χ1v) is 9.78. The van der Waals surface area contributed by atoms with E-state index in [0.29, 0.717) is 37.4 Å². The molecule has 0 aliphatic carbocycles. The Morgan fingerprint density at radius 2 is 2.04 bits per heavy atom. The lowest BCUT2D eigenvalue weighted by atomic mass is 9.94. The normalized spacial score (nSPS) is 21.0. The Morgan fingerprint density at radius 3 is 2.64 bits per heavy atom. The Labute approximate surface area is 166 Å². The molecule has 1 aromatic rings. The van der Waals surface area contributed by atoms with Crippen molar-refractivity contribution in [1.29, 1.82) is 0 Å². The van der Waals surface area contributed by atoms with Crippen molar-refractivity contribution in [2.75, 3.05) is 26.2 Å². The lowest BCUT2D eigenvalue weighted by Gasteiger charge is -2.24. The molecule has 28 heavy (non-hydrogen) atoms. The summed E-state index contributed by atoms with van der Waals surface area (Å²) in [4.78, 5) is 13.5. The van der Waals surface area contributed by atoms with E-state index in [2.05, 4.69) is 10.2 Å². The molecule has 0 saturated carbocycles. The van der Waals surface area contributed by atoms with Crippen molar-refractivity contribution in [3.8, 4) is 0 Å². The first-order valence-electron chi connectivity index (χ1n) is 9.78. The highest BCUT2D eigenvalue weighted by atomic mass is 19.1. The summed E-state index contributed by atoms with van der Waals surface area (Å²) in [6.45, 7) is 7.99. The summed E-state index contributed by atoms with van der Waals surface area (Å²) < 4.78 is 18.9. The van der Waals surface area contributed by atoms with Gasteiger partial charge in [0.05, 0.1) is 17.9 Å². The van der Waals surface area contributed by atoms with Crippen LogP contribution in [0.4, 0.5) is 4.39 Å². The second-order valence-corrected chi connectivity index (χ2v) is 7.29. The Bertz CT molecular complexity index is 715. The number of benzene rings is 1. The fourth-order valence-corrected chi connectivity index (χ4v) is 3.51. The number of amides is 1. The third-order valence-corrected chi connectivity index (χ3v) is 4.86. The predicted octanol–water partition coefficient (Wildman–Crippen LogP) is 3.16. The molecule has 5 nitrogen and oxygen atoms in total. The number of carbonyl (C=O) groups is 1. The lowest BCUT2D eigenvalue weighted by Crippen LogP contribution is -2.35. The van der Waals surface area contributed by atoms with E-state index in [-0.39, 0.29) is 11.7 Å². The van der Waals surface area contributed by atoms with Gasteiger partial charge >= 0.3 is 0 Å². The summed E-state index contributed by atoms with van der Waals surface area (Å²) in [5.74, 6) is 0.268. The average Bonchev–Trinajstić information content (AvgIpc) is 3.03. The van der Waals surface area contributed by atoms with Crippen molar-refractivity contribution in [1.82, 2.24) is 10.2 Å². The van der Waals surface area contributed by atoms with Crippen LogP contribution >= 0.6 is 0 Å². The zero-order valence-electron chi connectivity index (χ0n) is 17.0. The molecule has 1 saturated heterocycles. The standard InChI is InChI=1S/C22H31FN2O3/c1-4-20(24-17(3)26)21(5-2)28-14-6-12-25-13-11-22(27,16-25)15-18-7-9-19(23)10-8-18/h4-5,7-10,27H,6,11-16H2,1-3H3,(H,24,26). The Hall–Kier alpha value is -2.18. The minimum atomic E-state index is -0.767. The summed E-state index contributed by atoms with van der Waals surface area (Å²) in [5, 5.41) is 13.6. The van der Waals surface area contributed by atoms with Crippen LogP contribution in [0.2, 0.25) is 0 Å². The van der Waals surface area contributed by atoms with Crippen LogP contribution in [0, 0.1) is 5.82 Å². The minimum absolute atomic E-state index is 0.131. The maximum absolute atomic E-state index is 13.0. The molecule has 2 N–H and O–H groups in total. The van der Waals surface area contributed by atoms with Crippen LogP contribution in [0.15, 0.2) is 47.9 Å². The molecule has 1 fully saturated rings. The van der Waals surface area contributed by atoms with Gasteiger partial charge in [-0.05, 0) is 50.5 Å². The van der Waals surface area contributed by atoms with Crippen LogP contribution in [0.25, 0.3) is 0 Å². The van der Waals surface area contributed by atoms with Crippen LogP contribution in [0.3, 0.4) is 0 Å². The molecule has 1 unspecified atom stereocenters. The SMILES string of the molecule is CC=C(NC(C)=O)C(=CC)OCCCN1CCC(O)(Cc2ccc(F)cc2)C1. The number of carbonyl (C=O) groups excluding carboxylic acids is 1. The molecule has 0 bridgehead atoms. The summed E-state index contributed by atoms with van der Waals surface area (Å²) in [6, 6.07) is 6.33. The molecule has 2 rings (SSSR count). The van der Waals surface area contributed by atoms with E-state index in [1.54, 1.807) is 12.1 Å². The highest BCUT2D eigenvalue weighted by molar-refractivity contribution is 5.75. The molecule has 1 atom stereocenters. The average molecular weight is 390 g/mol. The predicted molar refractivity (Wildman–Crippen MR) is 108 cm³/mol. The molecule has 0 aromatic heterocycles. The monoisotopic (exact) mass is 390 g/mol. The zero-order chi connectivity index (χ0) is 20.6. The molecule has 6 heteroatoms. The molecule has 1 heterocycles. The fourth-order valence-electron chi connectivity index (χ4n) is 3.51. The smallest absolute Gasteiger partial charge is 0.221 e. The molecule has 1 aromatic carbocycles. The lowest BCUT2D eigenvalue weighted by molar-refractivity contribution is -0.118. The van der Waals surface area contributed by atoms with Crippen LogP contribution < -0.4 is 5.32 Å². The van der Waals surface area contributed by atoms with Gasteiger partial charge in [0.25, 0.3) is 0 Å². The van der Waals surface area contributed by atoms with E-state index in [1.165, 1.54) is 19.1 Å². The third-order valence-electron chi connectivity index (χ3n) is 4.86. The highest BCUT2D eigenvalue weighted by Crippen LogP contribution is 2.26. The van der Waals surface area contributed by atoms with Gasteiger partial charge in [0.1, 0.15) is 11.6 Å². The Morgan fingerprint density at radius 1 is 1.32 bits per heavy atom. The summed E-state index contributed by atoms with van der Waals surface area (Å²) in [7, 11) is 0. The zero-order valence-corrected chi connectivity index (χ0v) is 17.0. The van der Waals surface area contributed by atoms with Crippen molar-refractivity contribution in [3.63, 3.8) is 0 Å². The van der Waals surface area contributed by atoms with Gasteiger partial charge in [0, 0.05) is 33.0 Å². The number of nitrogens with one attached hydrogen (secondary N) is 1. The van der Waals surface area contributed by atoms with Gasteiger partial charge in [-0.25, -0.2) is 4.39 Å². The maximum atomic E-state index is 13.0. The van der Waals surface area contributed by atoms with E-state index in [1.807, 2.05) is 26.0 Å². The molecule has 1 aliphatic heterocycles. The number of hydrogen-bond donors (Lipinski definition) is 2. The van der Waals surface area contributed by atoms with Crippen LogP contribution in [0.1, 0.15) is 39.2 Å². The van der Waals surface area contributed by atoms with Crippen molar-refractivity contribution in [2.24, 2.45) is 0 Å². The number of β-amino-alcohol motifs (C(OH)–C–C–N with tert-alkyl or cyclic N) is 1. The van der Waals surface area contributed by atoms with E-state index in [9.17, 15) is 14.3 Å². The molecule has 154 valence electrons. The van der Waals surface area contributed by atoms with Crippen LogP contribution in [-0.4, -0.2) is 47.8 Å². The first kappa shape index (κ1) is 22.1. The summed E-state index contributed by atoms with van der Waals surface area (Å²) >= 11 is 0. The largest absolute Gasteiger partial charge is 0.492 e. The van der Waals surface area contributed by atoms with Crippen LogP contribution in [-0.2, 0) is 16.0 Å². The van der Waals surface area contributed by atoms with Crippen LogP contribution in [0.5, 0.6) is 0 Å². The first-order chi connectivity index (χ1) is 13.3. The number of allylic oxidation sites excluding steroid dienone is 2. The maximum Gasteiger partial charge on any atom is 0.221 e. The van der Waals surface area contributed by atoms with E-state index in [0.717, 1.165) is 25.1 Å².